The number of anilines is 1. The molecule has 2 unspecified atom stereocenters. The van der Waals surface area contributed by atoms with Crippen LogP contribution in [0.2, 0.25) is 0 Å². The molecule has 1 fully saturated rings. The summed E-state index contributed by atoms with van der Waals surface area (Å²) in [5.41, 5.74) is 7.83. The predicted octanol–water partition coefficient (Wildman–Crippen LogP) is 3.16. The lowest BCUT2D eigenvalue weighted by Gasteiger charge is -2.30. The third-order valence-electron chi connectivity index (χ3n) is 4.45. The van der Waals surface area contributed by atoms with Crippen LogP contribution in [0.15, 0.2) is 12.1 Å². The van der Waals surface area contributed by atoms with Crippen molar-refractivity contribution in [1.82, 2.24) is 14.5 Å². The molecule has 2 aromatic rings. The van der Waals surface area contributed by atoms with Crippen LogP contribution in [0.5, 0.6) is 5.88 Å². The van der Waals surface area contributed by atoms with Crippen LogP contribution in [-0.4, -0.2) is 21.6 Å². The van der Waals surface area contributed by atoms with Crippen LogP contribution in [0.1, 0.15) is 45.1 Å². The van der Waals surface area contributed by atoms with Crippen LogP contribution in [0.25, 0.3) is 11.2 Å². The molecule has 3 rings (SSSR count). The summed E-state index contributed by atoms with van der Waals surface area (Å²) in [6.45, 7) is 2.27. The number of nitrogen functional groups attached to an aromatic ring is 1. The van der Waals surface area contributed by atoms with E-state index in [9.17, 15) is 0 Å². The van der Waals surface area contributed by atoms with Gasteiger partial charge in [0.15, 0.2) is 5.65 Å². The molecule has 0 spiro atoms. The molecule has 2 aromatic heterocycles. The number of hydrogen-bond acceptors (Lipinski definition) is 4. The fourth-order valence-corrected chi connectivity index (χ4v) is 3.32. The second-order valence-corrected chi connectivity index (χ2v) is 5.63. The molecular weight excluding hydrogens is 252 g/mol. The van der Waals surface area contributed by atoms with Gasteiger partial charge < -0.3 is 10.5 Å². The molecule has 0 aromatic carbocycles. The van der Waals surface area contributed by atoms with Crippen molar-refractivity contribution in [3.8, 4) is 5.88 Å². The van der Waals surface area contributed by atoms with Gasteiger partial charge in [0.05, 0.1) is 7.11 Å². The maximum Gasteiger partial charge on any atom is 0.215 e. The molecule has 0 saturated heterocycles. The zero-order chi connectivity index (χ0) is 14.1. The maximum atomic E-state index is 6.13. The molecule has 1 aliphatic rings. The van der Waals surface area contributed by atoms with Crippen LogP contribution in [0, 0.1) is 5.92 Å². The molecule has 0 bridgehead atoms. The number of hydrogen-bond donors (Lipinski definition) is 1. The molecule has 5 nitrogen and oxygen atoms in total. The highest BCUT2D eigenvalue weighted by Crippen LogP contribution is 2.37. The third-order valence-corrected chi connectivity index (χ3v) is 4.45. The molecule has 20 heavy (non-hydrogen) atoms. The first-order valence-corrected chi connectivity index (χ1v) is 7.41. The number of ether oxygens (including phenoxy) is 1. The minimum Gasteiger partial charge on any atom is -0.481 e. The van der Waals surface area contributed by atoms with Crippen molar-refractivity contribution in [2.45, 2.75) is 45.1 Å². The number of imidazole rings is 1. The molecule has 0 radical (unpaired) electrons. The van der Waals surface area contributed by atoms with Crippen molar-refractivity contribution in [3.63, 3.8) is 0 Å². The first-order chi connectivity index (χ1) is 9.72. The van der Waals surface area contributed by atoms with E-state index in [2.05, 4.69) is 21.5 Å². The average molecular weight is 274 g/mol. The van der Waals surface area contributed by atoms with Gasteiger partial charge in [0.2, 0.25) is 11.8 Å². The van der Waals surface area contributed by atoms with Crippen LogP contribution in [-0.2, 0) is 0 Å². The zero-order valence-corrected chi connectivity index (χ0v) is 12.2. The Morgan fingerprint density at radius 3 is 2.95 bits per heavy atom. The first-order valence-electron chi connectivity index (χ1n) is 7.41. The normalized spacial score (nSPS) is 23.1. The van der Waals surface area contributed by atoms with Gasteiger partial charge in [0.1, 0.15) is 5.52 Å². The topological polar surface area (TPSA) is 66.0 Å². The Labute approximate surface area is 119 Å². The molecule has 1 saturated carbocycles. The standard InChI is InChI=1S/C15H22N4O/c1-3-10-5-4-6-11(9-10)19-14-12(17-15(19)16)7-8-13(18-14)20-2/h7-8,10-11H,3-6,9H2,1-2H3,(H2,16,17). The van der Waals surface area contributed by atoms with Gasteiger partial charge in [-0.15, -0.1) is 0 Å². The summed E-state index contributed by atoms with van der Waals surface area (Å²) < 4.78 is 7.33. The van der Waals surface area contributed by atoms with Crippen LogP contribution in [0.4, 0.5) is 5.95 Å². The molecule has 2 atom stereocenters. The predicted molar refractivity (Wildman–Crippen MR) is 79.8 cm³/mol. The summed E-state index contributed by atoms with van der Waals surface area (Å²) >= 11 is 0. The molecule has 0 amide bonds. The van der Waals surface area contributed by atoms with E-state index in [0.29, 0.717) is 17.9 Å². The number of fused-ring (bicyclic) bond motifs is 1. The molecule has 5 heteroatoms. The van der Waals surface area contributed by atoms with Crippen molar-refractivity contribution in [3.05, 3.63) is 12.1 Å². The van der Waals surface area contributed by atoms with Gasteiger partial charge in [0.25, 0.3) is 0 Å². The van der Waals surface area contributed by atoms with E-state index >= 15 is 0 Å². The number of nitrogens with two attached hydrogens (primary N) is 1. The van der Waals surface area contributed by atoms with Gasteiger partial charge in [-0.25, -0.2) is 4.98 Å². The fraction of sp³-hybridized carbons (Fsp3) is 0.600. The van der Waals surface area contributed by atoms with E-state index < -0.39 is 0 Å². The lowest BCUT2D eigenvalue weighted by atomic mass is 9.84. The Morgan fingerprint density at radius 2 is 2.20 bits per heavy atom. The van der Waals surface area contributed by atoms with Gasteiger partial charge in [-0.05, 0) is 24.8 Å². The first kappa shape index (κ1) is 13.2. The van der Waals surface area contributed by atoms with E-state index in [-0.39, 0.29) is 0 Å². The summed E-state index contributed by atoms with van der Waals surface area (Å²) in [5.74, 6) is 1.97. The van der Waals surface area contributed by atoms with Crippen molar-refractivity contribution in [2.24, 2.45) is 5.92 Å². The monoisotopic (exact) mass is 274 g/mol. The van der Waals surface area contributed by atoms with Crippen molar-refractivity contribution in [2.75, 3.05) is 12.8 Å². The molecular formula is C15H22N4O. The largest absolute Gasteiger partial charge is 0.481 e. The highest BCUT2D eigenvalue weighted by Gasteiger charge is 2.25. The molecule has 0 aliphatic heterocycles. The summed E-state index contributed by atoms with van der Waals surface area (Å²) in [4.78, 5) is 8.98. The van der Waals surface area contributed by atoms with Gasteiger partial charge in [-0.1, -0.05) is 26.2 Å². The lowest BCUT2D eigenvalue weighted by Crippen LogP contribution is -2.20. The van der Waals surface area contributed by atoms with Crippen LogP contribution in [0.3, 0.4) is 0 Å². The number of aromatic nitrogens is 3. The SMILES string of the molecule is CCC1CCCC(n2c(N)nc3ccc(OC)nc32)C1. The number of pyridine rings is 1. The Bertz CT molecular complexity index is 607. The molecule has 1 aliphatic carbocycles. The quantitative estimate of drug-likeness (QED) is 0.933. The summed E-state index contributed by atoms with van der Waals surface area (Å²) in [5, 5.41) is 0. The number of nitrogens with zero attached hydrogens (tertiary/aromatic N) is 3. The minimum atomic E-state index is 0.415. The molecule has 2 N–H and O–H groups in total. The van der Waals surface area contributed by atoms with Crippen molar-refractivity contribution < 1.29 is 4.74 Å². The van der Waals surface area contributed by atoms with Gasteiger partial charge in [0, 0.05) is 12.1 Å². The van der Waals surface area contributed by atoms with Gasteiger partial charge in [-0.2, -0.15) is 4.98 Å². The lowest BCUT2D eigenvalue weighted by molar-refractivity contribution is 0.266. The minimum absolute atomic E-state index is 0.415. The Hall–Kier alpha value is -1.78. The van der Waals surface area contributed by atoms with E-state index in [1.807, 2.05) is 12.1 Å². The van der Waals surface area contributed by atoms with E-state index in [1.54, 1.807) is 7.11 Å². The summed E-state index contributed by atoms with van der Waals surface area (Å²) in [6, 6.07) is 4.17. The second kappa shape index (κ2) is 5.31. The number of rotatable bonds is 3. The number of methoxy groups -OCH3 is 1. The van der Waals surface area contributed by atoms with Crippen LogP contribution < -0.4 is 10.5 Å². The molecule has 108 valence electrons. The highest BCUT2D eigenvalue weighted by molar-refractivity contribution is 5.75. The Morgan fingerprint density at radius 1 is 1.35 bits per heavy atom. The average Bonchev–Trinajstić information content (AvgIpc) is 2.82. The molecule has 2 heterocycles. The van der Waals surface area contributed by atoms with E-state index in [0.717, 1.165) is 23.5 Å². The van der Waals surface area contributed by atoms with E-state index in [4.69, 9.17) is 10.5 Å². The van der Waals surface area contributed by atoms with Gasteiger partial charge >= 0.3 is 0 Å². The smallest absolute Gasteiger partial charge is 0.215 e. The Kier molecular flexibility index (Phi) is 3.51. The highest BCUT2D eigenvalue weighted by atomic mass is 16.5. The maximum absolute atomic E-state index is 6.13. The van der Waals surface area contributed by atoms with Crippen molar-refractivity contribution >= 4 is 17.1 Å². The summed E-state index contributed by atoms with van der Waals surface area (Å²) in [6.07, 6.45) is 6.15. The Balaban J connectivity index is 2.03. The second-order valence-electron chi connectivity index (χ2n) is 5.63. The van der Waals surface area contributed by atoms with E-state index in [1.165, 1.54) is 25.7 Å². The fourth-order valence-electron chi connectivity index (χ4n) is 3.32. The van der Waals surface area contributed by atoms with Gasteiger partial charge in [-0.3, -0.25) is 4.57 Å². The zero-order valence-electron chi connectivity index (χ0n) is 12.2. The third kappa shape index (κ3) is 2.21. The van der Waals surface area contributed by atoms with Crippen LogP contribution >= 0.6 is 0 Å². The van der Waals surface area contributed by atoms with Crippen molar-refractivity contribution in [1.29, 1.82) is 0 Å². The summed E-state index contributed by atoms with van der Waals surface area (Å²) in [7, 11) is 1.63.